The van der Waals surface area contributed by atoms with Crippen molar-refractivity contribution in [2.24, 2.45) is 5.16 Å². The van der Waals surface area contributed by atoms with Crippen molar-refractivity contribution in [1.82, 2.24) is 5.01 Å². The Bertz CT molecular complexity index is 887. The van der Waals surface area contributed by atoms with Crippen LogP contribution in [0.5, 0.6) is 0 Å². The minimum absolute atomic E-state index is 0.0974. The van der Waals surface area contributed by atoms with Crippen LogP contribution in [-0.4, -0.2) is 35.3 Å². The molecule has 1 spiro atoms. The summed E-state index contributed by atoms with van der Waals surface area (Å²) in [6, 6.07) is 13.7. The number of hydrogen-bond acceptors (Lipinski definition) is 4. The van der Waals surface area contributed by atoms with Gasteiger partial charge < -0.3 is 4.84 Å². The molecule has 0 radical (unpaired) electrons. The summed E-state index contributed by atoms with van der Waals surface area (Å²) >= 11 is 5.96. The van der Waals surface area contributed by atoms with Crippen LogP contribution in [0.3, 0.4) is 0 Å². The second-order valence-corrected chi connectivity index (χ2v) is 7.02. The molecule has 2 aliphatic rings. The van der Waals surface area contributed by atoms with E-state index in [-0.39, 0.29) is 11.7 Å². The monoisotopic (exact) mass is 373 g/mol. The molecule has 0 bridgehead atoms. The van der Waals surface area contributed by atoms with E-state index in [1.165, 1.54) is 13.0 Å². The lowest BCUT2D eigenvalue weighted by atomic mass is 9.94. The second kappa shape index (κ2) is 6.29. The zero-order valence-corrected chi connectivity index (χ0v) is 14.9. The Morgan fingerprint density at radius 3 is 2.62 bits per heavy atom. The van der Waals surface area contributed by atoms with Gasteiger partial charge in [-0.2, -0.15) is 0 Å². The molecular formula is C19H17ClFN3O2. The Balaban J connectivity index is 1.60. The van der Waals surface area contributed by atoms with Gasteiger partial charge in [-0.15, -0.1) is 0 Å². The lowest BCUT2D eigenvalue weighted by Crippen LogP contribution is -2.40. The number of hydrazine groups is 1. The van der Waals surface area contributed by atoms with Crippen molar-refractivity contribution in [1.29, 1.82) is 0 Å². The topological polar surface area (TPSA) is 45.1 Å². The van der Waals surface area contributed by atoms with Gasteiger partial charge in [0.1, 0.15) is 5.82 Å². The van der Waals surface area contributed by atoms with Crippen molar-refractivity contribution in [3.05, 3.63) is 64.9 Å². The van der Waals surface area contributed by atoms with Crippen molar-refractivity contribution in [2.75, 3.05) is 18.1 Å². The first-order chi connectivity index (χ1) is 12.5. The molecule has 0 N–H and O–H groups in total. The summed E-state index contributed by atoms with van der Waals surface area (Å²) in [7, 11) is 0. The number of oxime groups is 1. The number of anilines is 1. The molecule has 2 aliphatic heterocycles. The molecule has 2 aromatic carbocycles. The van der Waals surface area contributed by atoms with Gasteiger partial charge in [-0.3, -0.25) is 9.80 Å². The predicted molar refractivity (Wildman–Crippen MR) is 97.6 cm³/mol. The second-order valence-electron chi connectivity index (χ2n) is 6.58. The molecule has 2 heterocycles. The summed E-state index contributed by atoms with van der Waals surface area (Å²) in [6.45, 7) is 2.30. The van der Waals surface area contributed by atoms with Crippen molar-refractivity contribution >= 4 is 28.9 Å². The van der Waals surface area contributed by atoms with Gasteiger partial charge in [0.25, 0.3) is 0 Å². The zero-order chi connectivity index (χ0) is 18.3. The molecule has 1 saturated heterocycles. The Morgan fingerprint density at radius 2 is 1.92 bits per heavy atom. The van der Waals surface area contributed by atoms with E-state index in [4.69, 9.17) is 16.4 Å². The van der Waals surface area contributed by atoms with E-state index < -0.39 is 5.60 Å². The van der Waals surface area contributed by atoms with E-state index in [0.717, 1.165) is 5.69 Å². The quantitative estimate of drug-likeness (QED) is 0.807. The van der Waals surface area contributed by atoms with Gasteiger partial charge in [0, 0.05) is 23.9 Å². The van der Waals surface area contributed by atoms with Crippen LogP contribution < -0.4 is 5.01 Å². The minimum Gasteiger partial charge on any atom is -0.385 e. The molecule has 1 fully saturated rings. The smallest absolute Gasteiger partial charge is 0.238 e. The molecule has 2 aromatic rings. The summed E-state index contributed by atoms with van der Waals surface area (Å²) in [5.41, 5.74) is 1.14. The number of amides is 1. The van der Waals surface area contributed by atoms with E-state index in [2.05, 4.69) is 5.16 Å². The molecule has 134 valence electrons. The molecule has 5 nitrogen and oxygen atoms in total. The standard InChI is InChI=1S/C19H17ClFN3O2/c1-13(25)23-11-19(12-24(23)15-8-6-14(20)7-9-15)10-18(22-26-19)16-4-2-3-5-17(16)21/h2-9H,10-12H2,1H3. The number of nitrogens with zero attached hydrogens (tertiary/aromatic N) is 3. The minimum atomic E-state index is -0.692. The van der Waals surface area contributed by atoms with Crippen molar-refractivity contribution in [3.63, 3.8) is 0 Å². The molecule has 4 rings (SSSR count). The summed E-state index contributed by atoms with van der Waals surface area (Å²) < 4.78 is 14.1. The third-order valence-corrected chi connectivity index (χ3v) is 4.93. The van der Waals surface area contributed by atoms with Crippen LogP contribution in [-0.2, 0) is 9.63 Å². The maximum Gasteiger partial charge on any atom is 0.238 e. The van der Waals surface area contributed by atoms with Crippen LogP contribution in [0.4, 0.5) is 10.1 Å². The van der Waals surface area contributed by atoms with Gasteiger partial charge in [-0.1, -0.05) is 35.0 Å². The van der Waals surface area contributed by atoms with Gasteiger partial charge in [-0.05, 0) is 30.3 Å². The Labute approximate surface area is 155 Å². The maximum absolute atomic E-state index is 14.1. The summed E-state index contributed by atoms with van der Waals surface area (Å²) in [5.74, 6) is -0.428. The molecule has 1 unspecified atom stereocenters. The van der Waals surface area contributed by atoms with E-state index in [1.807, 2.05) is 17.1 Å². The molecule has 26 heavy (non-hydrogen) atoms. The largest absolute Gasteiger partial charge is 0.385 e. The number of benzene rings is 2. The van der Waals surface area contributed by atoms with Crippen LogP contribution in [0.2, 0.25) is 5.02 Å². The van der Waals surface area contributed by atoms with Crippen molar-refractivity contribution in [3.8, 4) is 0 Å². The van der Waals surface area contributed by atoms with E-state index in [0.29, 0.717) is 35.8 Å². The SMILES string of the molecule is CC(=O)N1CC2(CC(c3ccccc3F)=NO2)CN1c1ccc(Cl)cc1. The van der Waals surface area contributed by atoms with Crippen molar-refractivity contribution in [2.45, 2.75) is 18.9 Å². The van der Waals surface area contributed by atoms with Crippen molar-refractivity contribution < 1.29 is 14.0 Å². The first-order valence-corrected chi connectivity index (χ1v) is 8.66. The van der Waals surface area contributed by atoms with Crippen LogP contribution >= 0.6 is 11.6 Å². The Morgan fingerprint density at radius 1 is 1.19 bits per heavy atom. The predicted octanol–water partition coefficient (Wildman–Crippen LogP) is 3.63. The van der Waals surface area contributed by atoms with Crippen LogP contribution in [0.15, 0.2) is 53.7 Å². The Kier molecular flexibility index (Phi) is 4.07. The fourth-order valence-electron chi connectivity index (χ4n) is 3.42. The molecule has 0 aliphatic carbocycles. The third kappa shape index (κ3) is 2.90. The first kappa shape index (κ1) is 16.8. The fraction of sp³-hybridized carbons (Fsp3) is 0.263. The first-order valence-electron chi connectivity index (χ1n) is 8.28. The average molecular weight is 374 g/mol. The van der Waals surface area contributed by atoms with Gasteiger partial charge in [-0.25, -0.2) is 9.40 Å². The van der Waals surface area contributed by atoms with Gasteiger partial charge in [0.2, 0.25) is 5.91 Å². The molecule has 0 aromatic heterocycles. The molecular weight excluding hydrogens is 357 g/mol. The van der Waals surface area contributed by atoms with E-state index >= 15 is 0 Å². The highest BCUT2D eigenvalue weighted by molar-refractivity contribution is 6.30. The highest BCUT2D eigenvalue weighted by atomic mass is 35.5. The third-order valence-electron chi connectivity index (χ3n) is 4.68. The number of carbonyl (C=O) groups is 1. The molecule has 1 amide bonds. The van der Waals surface area contributed by atoms with E-state index in [9.17, 15) is 9.18 Å². The number of carbonyl (C=O) groups excluding carboxylic acids is 1. The lowest BCUT2D eigenvalue weighted by Gasteiger charge is -2.28. The van der Waals surface area contributed by atoms with Crippen LogP contribution in [0, 0.1) is 5.82 Å². The maximum atomic E-state index is 14.1. The normalized spacial score (nSPS) is 21.9. The molecule has 0 saturated carbocycles. The van der Waals surface area contributed by atoms with E-state index in [1.54, 1.807) is 35.3 Å². The lowest BCUT2D eigenvalue weighted by molar-refractivity contribution is -0.129. The highest BCUT2D eigenvalue weighted by Crippen LogP contribution is 2.37. The molecule has 1 atom stereocenters. The number of halogens is 2. The van der Waals surface area contributed by atoms with Crippen LogP contribution in [0.1, 0.15) is 18.9 Å². The number of rotatable bonds is 2. The zero-order valence-electron chi connectivity index (χ0n) is 14.2. The van der Waals surface area contributed by atoms with Gasteiger partial charge >= 0.3 is 0 Å². The number of hydrogen-bond donors (Lipinski definition) is 0. The van der Waals surface area contributed by atoms with Gasteiger partial charge in [0.05, 0.1) is 24.5 Å². The highest BCUT2D eigenvalue weighted by Gasteiger charge is 2.50. The fourth-order valence-corrected chi connectivity index (χ4v) is 3.55. The summed E-state index contributed by atoms with van der Waals surface area (Å²) in [4.78, 5) is 17.9. The Hall–Kier alpha value is -2.60. The van der Waals surface area contributed by atoms with Crippen LogP contribution in [0.25, 0.3) is 0 Å². The average Bonchev–Trinajstić information content (AvgIpc) is 3.21. The van der Waals surface area contributed by atoms with Gasteiger partial charge in [0.15, 0.2) is 5.60 Å². The summed E-state index contributed by atoms with van der Waals surface area (Å²) in [6.07, 6.45) is 0.432. The summed E-state index contributed by atoms with van der Waals surface area (Å²) in [5, 5.41) is 8.24. The molecule has 7 heteroatoms.